The highest BCUT2D eigenvalue weighted by atomic mass is 16.7. The Hall–Kier alpha value is -3.18. The van der Waals surface area contributed by atoms with Gasteiger partial charge in [0.15, 0.2) is 11.5 Å². The van der Waals surface area contributed by atoms with Crippen LogP contribution >= 0.6 is 0 Å². The SMILES string of the molecule is CCCCN(CCCCN(C)C)C(=O)CN1C[C@H](c2ccc3c(c2)OCO3)[C@H](C(=O)O)[C@H]1CCN1C(=O)CCC1=O. The maximum atomic E-state index is 13.7. The zero-order valence-corrected chi connectivity index (χ0v) is 24.5. The van der Waals surface area contributed by atoms with E-state index in [2.05, 4.69) is 11.8 Å². The summed E-state index contributed by atoms with van der Waals surface area (Å²) in [4.78, 5) is 58.3. The smallest absolute Gasteiger partial charge is 0.308 e. The van der Waals surface area contributed by atoms with Crippen molar-refractivity contribution in [2.75, 3.05) is 60.2 Å². The normalized spacial score (nSPS) is 22.2. The number of aliphatic carboxylic acids is 1. The Morgan fingerprint density at radius 2 is 1.68 bits per heavy atom. The van der Waals surface area contributed by atoms with Crippen molar-refractivity contribution < 1.29 is 33.8 Å². The number of carbonyl (C=O) groups is 4. The average molecular weight is 573 g/mol. The van der Waals surface area contributed by atoms with Gasteiger partial charge in [-0.1, -0.05) is 19.4 Å². The molecule has 11 nitrogen and oxygen atoms in total. The summed E-state index contributed by atoms with van der Waals surface area (Å²) in [6, 6.07) is 4.97. The highest BCUT2D eigenvalue weighted by molar-refractivity contribution is 6.01. The van der Waals surface area contributed by atoms with Crippen LogP contribution in [0.4, 0.5) is 0 Å². The maximum absolute atomic E-state index is 13.7. The molecular formula is C30H44N4O7. The van der Waals surface area contributed by atoms with E-state index in [4.69, 9.17) is 9.47 Å². The number of hydrogen-bond acceptors (Lipinski definition) is 8. The molecule has 0 bridgehead atoms. The monoisotopic (exact) mass is 572 g/mol. The number of rotatable bonds is 15. The van der Waals surface area contributed by atoms with Crippen molar-refractivity contribution in [3.8, 4) is 11.5 Å². The summed E-state index contributed by atoms with van der Waals surface area (Å²) in [5.74, 6) is -1.44. The Morgan fingerprint density at radius 3 is 2.37 bits per heavy atom. The van der Waals surface area contributed by atoms with E-state index in [0.29, 0.717) is 37.6 Å². The minimum absolute atomic E-state index is 0.0166. The van der Waals surface area contributed by atoms with Gasteiger partial charge >= 0.3 is 5.97 Å². The number of nitrogens with zero attached hydrogens (tertiary/aromatic N) is 4. The van der Waals surface area contributed by atoms with Crippen molar-refractivity contribution in [2.45, 2.75) is 63.8 Å². The number of likely N-dealkylation sites (tertiary alicyclic amines) is 2. The molecule has 2 fully saturated rings. The van der Waals surface area contributed by atoms with Crippen LogP contribution in [0.25, 0.3) is 0 Å². The summed E-state index contributed by atoms with van der Waals surface area (Å²) in [7, 11) is 4.07. The highest BCUT2D eigenvalue weighted by Gasteiger charge is 2.48. The zero-order valence-electron chi connectivity index (χ0n) is 24.5. The Kier molecular flexibility index (Phi) is 10.6. The first-order chi connectivity index (χ1) is 19.7. The summed E-state index contributed by atoms with van der Waals surface area (Å²) < 4.78 is 11.0. The zero-order chi connectivity index (χ0) is 29.5. The third-order valence-electron chi connectivity index (χ3n) is 8.42. The molecule has 1 aromatic carbocycles. The predicted molar refractivity (Wildman–Crippen MR) is 152 cm³/mol. The van der Waals surface area contributed by atoms with Crippen LogP contribution in [0, 0.1) is 5.92 Å². The third-order valence-corrected chi connectivity index (χ3v) is 8.42. The third kappa shape index (κ3) is 7.56. The number of fused-ring (bicyclic) bond motifs is 1. The molecule has 3 aliphatic heterocycles. The van der Waals surface area contributed by atoms with Crippen LogP contribution in [-0.2, 0) is 19.2 Å². The second-order valence-electron chi connectivity index (χ2n) is 11.6. The van der Waals surface area contributed by atoms with Gasteiger partial charge in [0.2, 0.25) is 24.5 Å². The largest absolute Gasteiger partial charge is 0.481 e. The van der Waals surface area contributed by atoms with Crippen molar-refractivity contribution in [1.82, 2.24) is 19.6 Å². The molecule has 0 aromatic heterocycles. The molecule has 226 valence electrons. The minimum atomic E-state index is -0.960. The number of carbonyl (C=O) groups excluding carboxylic acids is 3. The van der Waals surface area contributed by atoms with Crippen LogP contribution in [0.15, 0.2) is 18.2 Å². The highest BCUT2D eigenvalue weighted by Crippen LogP contribution is 2.42. The van der Waals surface area contributed by atoms with Gasteiger partial charge in [-0.05, 0) is 64.0 Å². The van der Waals surface area contributed by atoms with Crippen molar-refractivity contribution in [3.63, 3.8) is 0 Å². The van der Waals surface area contributed by atoms with E-state index >= 15 is 0 Å². The van der Waals surface area contributed by atoms with Crippen molar-refractivity contribution in [2.24, 2.45) is 5.92 Å². The molecule has 0 aliphatic carbocycles. The van der Waals surface area contributed by atoms with Crippen LogP contribution in [0.5, 0.6) is 11.5 Å². The van der Waals surface area contributed by atoms with Crippen LogP contribution < -0.4 is 9.47 Å². The summed E-state index contributed by atoms with van der Waals surface area (Å²) in [5.41, 5.74) is 0.807. The van der Waals surface area contributed by atoms with Gasteiger partial charge in [-0.2, -0.15) is 0 Å². The van der Waals surface area contributed by atoms with Crippen LogP contribution in [0.3, 0.4) is 0 Å². The lowest BCUT2D eigenvalue weighted by atomic mass is 9.84. The maximum Gasteiger partial charge on any atom is 0.308 e. The van der Waals surface area contributed by atoms with Gasteiger partial charge in [-0.25, -0.2) is 0 Å². The van der Waals surface area contributed by atoms with E-state index in [-0.39, 0.29) is 50.4 Å². The molecule has 41 heavy (non-hydrogen) atoms. The lowest BCUT2D eigenvalue weighted by Crippen LogP contribution is -2.46. The van der Waals surface area contributed by atoms with E-state index in [1.54, 1.807) is 6.07 Å². The van der Waals surface area contributed by atoms with Gasteiger partial charge < -0.3 is 24.4 Å². The van der Waals surface area contributed by atoms with E-state index in [0.717, 1.165) is 37.8 Å². The van der Waals surface area contributed by atoms with E-state index in [1.165, 1.54) is 4.90 Å². The Balaban J connectivity index is 1.55. The second-order valence-corrected chi connectivity index (χ2v) is 11.6. The number of benzene rings is 1. The number of carboxylic acids is 1. The lowest BCUT2D eigenvalue weighted by molar-refractivity contribution is -0.144. The lowest BCUT2D eigenvalue weighted by Gasteiger charge is -2.30. The van der Waals surface area contributed by atoms with Gasteiger partial charge in [0, 0.05) is 51.0 Å². The molecule has 1 aromatic rings. The van der Waals surface area contributed by atoms with Crippen LogP contribution in [0.2, 0.25) is 0 Å². The molecule has 3 heterocycles. The number of imide groups is 1. The average Bonchev–Trinajstić information content (AvgIpc) is 3.63. The Bertz CT molecular complexity index is 1090. The van der Waals surface area contributed by atoms with Crippen molar-refractivity contribution >= 4 is 23.7 Å². The molecule has 0 saturated carbocycles. The molecule has 0 spiro atoms. The second kappa shape index (κ2) is 14.1. The van der Waals surface area contributed by atoms with Crippen molar-refractivity contribution in [3.05, 3.63) is 23.8 Å². The molecule has 3 aliphatic rings. The first-order valence-electron chi connectivity index (χ1n) is 14.8. The topological polar surface area (TPSA) is 120 Å². The number of amides is 3. The number of ether oxygens (including phenoxy) is 2. The molecule has 0 unspecified atom stereocenters. The molecule has 3 amide bonds. The minimum Gasteiger partial charge on any atom is -0.481 e. The van der Waals surface area contributed by atoms with Gasteiger partial charge in [-0.3, -0.25) is 29.0 Å². The summed E-state index contributed by atoms with van der Waals surface area (Å²) >= 11 is 0. The first kappa shape index (κ1) is 30.8. The summed E-state index contributed by atoms with van der Waals surface area (Å²) in [6.07, 6.45) is 4.43. The van der Waals surface area contributed by atoms with Crippen LogP contribution in [-0.4, -0.2) is 115 Å². The number of hydrogen-bond donors (Lipinski definition) is 1. The summed E-state index contributed by atoms with van der Waals surface area (Å²) in [5, 5.41) is 10.4. The van der Waals surface area contributed by atoms with Gasteiger partial charge in [-0.15, -0.1) is 0 Å². The Morgan fingerprint density at radius 1 is 1.00 bits per heavy atom. The standard InChI is InChI=1S/C30H44N4O7/c1-4-5-14-32(15-7-6-13-31(2)3)28(37)19-33-18-22(21-8-9-24-25(17-21)41-20-40-24)29(30(38)39)23(33)12-16-34-26(35)10-11-27(34)36/h8-9,17,22-23,29H,4-7,10-16,18-20H2,1-3H3,(H,38,39)/t22-,23-,29+/m1/s1. The number of carboxylic acid groups (broad SMARTS) is 1. The van der Waals surface area contributed by atoms with Gasteiger partial charge in [0.1, 0.15) is 0 Å². The van der Waals surface area contributed by atoms with Crippen molar-refractivity contribution in [1.29, 1.82) is 0 Å². The molecule has 11 heteroatoms. The molecule has 1 N–H and O–H groups in total. The fraction of sp³-hybridized carbons (Fsp3) is 0.667. The Labute approximate surface area is 242 Å². The predicted octanol–water partition coefficient (Wildman–Crippen LogP) is 2.39. The van der Waals surface area contributed by atoms with Gasteiger partial charge in [0.05, 0.1) is 12.5 Å². The quantitative estimate of drug-likeness (QED) is 0.250. The van der Waals surface area contributed by atoms with Gasteiger partial charge in [0.25, 0.3) is 0 Å². The molecule has 3 atom stereocenters. The van der Waals surface area contributed by atoms with E-state index < -0.39 is 23.8 Å². The van der Waals surface area contributed by atoms with Crippen LogP contribution in [0.1, 0.15) is 63.4 Å². The number of unbranched alkanes of at least 4 members (excludes halogenated alkanes) is 2. The van der Waals surface area contributed by atoms with E-state index in [1.807, 2.05) is 36.0 Å². The molecule has 0 radical (unpaired) electrons. The molecule has 4 rings (SSSR count). The molecule has 2 saturated heterocycles. The van der Waals surface area contributed by atoms with E-state index in [9.17, 15) is 24.3 Å². The molecular weight excluding hydrogens is 528 g/mol. The fourth-order valence-electron chi connectivity index (χ4n) is 6.18. The summed E-state index contributed by atoms with van der Waals surface area (Å²) in [6.45, 7) is 5.11. The fourth-order valence-corrected chi connectivity index (χ4v) is 6.18. The first-order valence-corrected chi connectivity index (χ1v) is 14.8.